The van der Waals surface area contributed by atoms with Crippen molar-refractivity contribution in [3.63, 3.8) is 0 Å². The van der Waals surface area contributed by atoms with E-state index in [2.05, 4.69) is 16.7 Å². The minimum Gasteiger partial charge on any atom is -0.496 e. The normalized spacial score (nSPS) is 10.4. The fourth-order valence-corrected chi connectivity index (χ4v) is 3.01. The first-order valence-electron chi connectivity index (χ1n) is 9.35. The van der Waals surface area contributed by atoms with Crippen LogP contribution in [0.5, 0.6) is 5.75 Å². The standard InChI is InChI=1S/C23H24N2O4/c1-15-6-9-20(28-3)17(13-15)10-11-24-22(26)18-8-7-16(2)19(14-18)25-23(27)21-5-4-12-29-21/h4-9,12-14H,10-11H2,1-3H3,(H,24,26)(H,25,27). The number of furan rings is 1. The lowest BCUT2D eigenvalue weighted by molar-refractivity contribution is 0.0952. The molecule has 1 heterocycles. The Hall–Kier alpha value is -3.54. The molecule has 2 N–H and O–H groups in total. The van der Waals surface area contributed by atoms with Crippen LogP contribution in [0.1, 0.15) is 37.6 Å². The van der Waals surface area contributed by atoms with Gasteiger partial charge < -0.3 is 19.8 Å². The first-order chi connectivity index (χ1) is 14.0. The second kappa shape index (κ2) is 9.10. The highest BCUT2D eigenvalue weighted by Gasteiger charge is 2.13. The molecule has 0 radical (unpaired) electrons. The first kappa shape index (κ1) is 20.2. The van der Waals surface area contributed by atoms with Gasteiger partial charge in [0.1, 0.15) is 5.75 Å². The molecule has 2 aromatic carbocycles. The summed E-state index contributed by atoms with van der Waals surface area (Å²) in [6.07, 6.45) is 2.10. The van der Waals surface area contributed by atoms with Crippen LogP contribution in [-0.2, 0) is 6.42 Å². The van der Waals surface area contributed by atoms with Crippen molar-refractivity contribution in [2.75, 3.05) is 19.0 Å². The van der Waals surface area contributed by atoms with Crippen LogP contribution in [0.3, 0.4) is 0 Å². The Bertz CT molecular complexity index is 1010. The van der Waals surface area contributed by atoms with E-state index in [1.807, 2.05) is 26.0 Å². The number of hydrogen-bond donors (Lipinski definition) is 2. The third kappa shape index (κ3) is 5.04. The largest absolute Gasteiger partial charge is 0.496 e. The maximum Gasteiger partial charge on any atom is 0.291 e. The van der Waals surface area contributed by atoms with E-state index in [9.17, 15) is 9.59 Å². The Morgan fingerprint density at radius 2 is 1.86 bits per heavy atom. The fraction of sp³-hybridized carbons (Fsp3) is 0.217. The molecule has 150 valence electrons. The summed E-state index contributed by atoms with van der Waals surface area (Å²) in [7, 11) is 1.64. The molecular formula is C23H24N2O4. The Labute approximate surface area is 169 Å². The smallest absolute Gasteiger partial charge is 0.291 e. The summed E-state index contributed by atoms with van der Waals surface area (Å²) in [5.74, 6) is 0.460. The monoisotopic (exact) mass is 392 g/mol. The number of amides is 2. The van der Waals surface area contributed by atoms with E-state index in [-0.39, 0.29) is 17.6 Å². The average Bonchev–Trinajstić information content (AvgIpc) is 3.25. The van der Waals surface area contributed by atoms with Gasteiger partial charge >= 0.3 is 0 Å². The van der Waals surface area contributed by atoms with Crippen molar-refractivity contribution in [3.05, 3.63) is 82.8 Å². The van der Waals surface area contributed by atoms with E-state index >= 15 is 0 Å². The van der Waals surface area contributed by atoms with Gasteiger partial charge in [-0.2, -0.15) is 0 Å². The van der Waals surface area contributed by atoms with E-state index in [0.29, 0.717) is 24.2 Å². The molecule has 2 amide bonds. The summed E-state index contributed by atoms with van der Waals surface area (Å²) in [5.41, 5.74) is 4.08. The number of ether oxygens (including phenoxy) is 1. The molecular weight excluding hydrogens is 368 g/mol. The van der Waals surface area contributed by atoms with Crippen LogP contribution in [0.2, 0.25) is 0 Å². The number of methoxy groups -OCH3 is 1. The van der Waals surface area contributed by atoms with Crippen LogP contribution in [0, 0.1) is 13.8 Å². The quantitative estimate of drug-likeness (QED) is 0.634. The van der Waals surface area contributed by atoms with Gasteiger partial charge in [0.25, 0.3) is 11.8 Å². The number of benzene rings is 2. The lowest BCUT2D eigenvalue weighted by Crippen LogP contribution is -2.26. The molecule has 29 heavy (non-hydrogen) atoms. The molecule has 6 heteroatoms. The van der Waals surface area contributed by atoms with Gasteiger partial charge in [0.15, 0.2) is 5.76 Å². The van der Waals surface area contributed by atoms with Gasteiger partial charge in [-0.1, -0.05) is 23.8 Å². The zero-order valence-electron chi connectivity index (χ0n) is 16.7. The Balaban J connectivity index is 1.64. The number of hydrogen-bond acceptors (Lipinski definition) is 4. The van der Waals surface area contributed by atoms with Gasteiger partial charge in [-0.25, -0.2) is 0 Å². The zero-order valence-corrected chi connectivity index (χ0v) is 16.7. The van der Waals surface area contributed by atoms with Crippen molar-refractivity contribution < 1.29 is 18.7 Å². The van der Waals surface area contributed by atoms with Crippen LogP contribution < -0.4 is 15.4 Å². The van der Waals surface area contributed by atoms with Crippen molar-refractivity contribution in [1.82, 2.24) is 5.32 Å². The van der Waals surface area contributed by atoms with Crippen molar-refractivity contribution in [3.8, 4) is 5.75 Å². The van der Waals surface area contributed by atoms with Crippen molar-refractivity contribution in [2.24, 2.45) is 0 Å². The maximum atomic E-state index is 12.6. The van der Waals surface area contributed by atoms with Gasteiger partial charge in [0.05, 0.1) is 13.4 Å². The fourth-order valence-electron chi connectivity index (χ4n) is 3.01. The molecule has 0 fully saturated rings. The van der Waals surface area contributed by atoms with E-state index in [1.165, 1.54) is 6.26 Å². The summed E-state index contributed by atoms with van der Waals surface area (Å²) in [4.78, 5) is 24.8. The highest BCUT2D eigenvalue weighted by Crippen LogP contribution is 2.20. The first-order valence-corrected chi connectivity index (χ1v) is 9.35. The number of anilines is 1. The average molecular weight is 392 g/mol. The molecule has 0 spiro atoms. The van der Waals surface area contributed by atoms with Gasteiger partial charge in [-0.05, 0) is 61.7 Å². The number of carbonyl (C=O) groups excluding carboxylic acids is 2. The van der Waals surface area contributed by atoms with Crippen LogP contribution in [0.15, 0.2) is 59.2 Å². The minimum atomic E-state index is -0.359. The van der Waals surface area contributed by atoms with Crippen LogP contribution in [0.4, 0.5) is 5.69 Å². The number of nitrogens with one attached hydrogen (secondary N) is 2. The molecule has 0 aliphatic carbocycles. The Morgan fingerprint density at radius 3 is 2.59 bits per heavy atom. The topological polar surface area (TPSA) is 80.6 Å². The van der Waals surface area contributed by atoms with Crippen LogP contribution in [-0.4, -0.2) is 25.5 Å². The minimum absolute atomic E-state index is 0.204. The van der Waals surface area contributed by atoms with Crippen molar-refractivity contribution in [1.29, 1.82) is 0 Å². The third-order valence-corrected chi connectivity index (χ3v) is 4.61. The summed E-state index contributed by atoms with van der Waals surface area (Å²) < 4.78 is 10.5. The third-order valence-electron chi connectivity index (χ3n) is 4.61. The zero-order chi connectivity index (χ0) is 20.8. The number of aryl methyl sites for hydroxylation is 2. The summed E-state index contributed by atoms with van der Waals surface area (Å²) in [5, 5.41) is 5.70. The Morgan fingerprint density at radius 1 is 1.03 bits per heavy atom. The molecule has 0 saturated heterocycles. The molecule has 0 aliphatic heterocycles. The summed E-state index contributed by atoms with van der Waals surface area (Å²) in [6, 6.07) is 14.4. The maximum absolute atomic E-state index is 12.6. The van der Waals surface area contributed by atoms with Gasteiger partial charge in [0, 0.05) is 17.8 Å². The lowest BCUT2D eigenvalue weighted by atomic mass is 10.1. The van der Waals surface area contributed by atoms with E-state index in [4.69, 9.17) is 9.15 Å². The van der Waals surface area contributed by atoms with Gasteiger partial charge in [0.2, 0.25) is 0 Å². The molecule has 3 rings (SSSR count). The van der Waals surface area contributed by atoms with Crippen molar-refractivity contribution in [2.45, 2.75) is 20.3 Å². The predicted octanol–water partition coefficient (Wildman–Crippen LogP) is 4.13. The molecule has 0 aliphatic rings. The van der Waals surface area contributed by atoms with Crippen LogP contribution >= 0.6 is 0 Å². The SMILES string of the molecule is COc1ccc(C)cc1CCNC(=O)c1ccc(C)c(NC(=O)c2ccco2)c1. The molecule has 0 bridgehead atoms. The van der Waals surface area contributed by atoms with Gasteiger partial charge in [-0.15, -0.1) is 0 Å². The summed E-state index contributed by atoms with van der Waals surface area (Å²) >= 11 is 0. The molecule has 6 nitrogen and oxygen atoms in total. The molecule has 0 atom stereocenters. The molecule has 1 aromatic heterocycles. The number of rotatable bonds is 7. The number of carbonyl (C=O) groups is 2. The molecule has 0 unspecified atom stereocenters. The van der Waals surface area contributed by atoms with Crippen molar-refractivity contribution >= 4 is 17.5 Å². The van der Waals surface area contributed by atoms with Gasteiger partial charge in [-0.3, -0.25) is 9.59 Å². The highest BCUT2D eigenvalue weighted by atomic mass is 16.5. The lowest BCUT2D eigenvalue weighted by Gasteiger charge is -2.12. The van der Waals surface area contributed by atoms with Crippen LogP contribution in [0.25, 0.3) is 0 Å². The van der Waals surface area contributed by atoms with E-state index in [1.54, 1.807) is 37.4 Å². The second-order valence-corrected chi connectivity index (χ2v) is 6.78. The highest BCUT2D eigenvalue weighted by molar-refractivity contribution is 6.03. The van der Waals surface area contributed by atoms with E-state index < -0.39 is 0 Å². The molecule has 0 saturated carbocycles. The van der Waals surface area contributed by atoms with E-state index in [0.717, 1.165) is 22.4 Å². The Kier molecular flexibility index (Phi) is 6.34. The second-order valence-electron chi connectivity index (χ2n) is 6.78. The predicted molar refractivity (Wildman–Crippen MR) is 112 cm³/mol. The molecule has 3 aromatic rings. The summed E-state index contributed by atoms with van der Waals surface area (Å²) in [6.45, 7) is 4.36.